The summed E-state index contributed by atoms with van der Waals surface area (Å²) < 4.78 is 24.4. The van der Waals surface area contributed by atoms with E-state index in [0.717, 1.165) is 25.5 Å². The number of thioether (sulfide) groups is 1. The van der Waals surface area contributed by atoms with Gasteiger partial charge in [-0.2, -0.15) is 11.8 Å². The molecule has 0 heterocycles. The first-order chi connectivity index (χ1) is 11.6. The van der Waals surface area contributed by atoms with Gasteiger partial charge in [-0.05, 0) is 50.3 Å². The van der Waals surface area contributed by atoms with E-state index in [1.807, 2.05) is 24.8 Å². The fraction of sp³-hybridized carbons (Fsp3) is 0.588. The average molecular weight is 372 g/mol. The van der Waals surface area contributed by atoms with Gasteiger partial charge in [-0.25, -0.2) is 8.42 Å². The van der Waals surface area contributed by atoms with Gasteiger partial charge in [0, 0.05) is 19.6 Å². The van der Waals surface area contributed by atoms with Crippen molar-refractivity contribution in [3.63, 3.8) is 0 Å². The van der Waals surface area contributed by atoms with Crippen LogP contribution in [0.1, 0.15) is 26.2 Å². The molecule has 24 heavy (non-hydrogen) atoms. The number of nitrogens with one attached hydrogen (secondary N) is 2. The van der Waals surface area contributed by atoms with Crippen molar-refractivity contribution in [1.29, 1.82) is 0 Å². The quantitative estimate of drug-likeness (QED) is 0.355. The number of unbranched alkanes of at least 4 members (excludes halogenated alkanes) is 1. The minimum Gasteiger partial charge on any atom is -0.357 e. The van der Waals surface area contributed by atoms with E-state index in [1.165, 1.54) is 12.2 Å². The van der Waals surface area contributed by atoms with Gasteiger partial charge in [0.15, 0.2) is 15.8 Å². The summed E-state index contributed by atoms with van der Waals surface area (Å²) >= 11 is 1.86. The zero-order valence-electron chi connectivity index (χ0n) is 14.6. The van der Waals surface area contributed by atoms with Crippen molar-refractivity contribution in [1.82, 2.24) is 10.6 Å². The van der Waals surface area contributed by atoms with Crippen molar-refractivity contribution in [2.24, 2.45) is 4.99 Å². The first-order valence-corrected chi connectivity index (χ1v) is 11.4. The molecule has 1 rings (SSSR count). The molecule has 0 saturated carbocycles. The molecule has 0 aliphatic heterocycles. The molecule has 0 amide bonds. The van der Waals surface area contributed by atoms with Gasteiger partial charge < -0.3 is 10.6 Å². The summed E-state index contributed by atoms with van der Waals surface area (Å²) in [7, 11) is -3.21. The molecule has 0 unspecified atom stereocenters. The number of rotatable bonds is 11. The molecule has 1 aromatic rings. The molecule has 0 spiro atoms. The Balaban J connectivity index is 2.38. The lowest BCUT2D eigenvalue weighted by Gasteiger charge is -2.11. The largest absolute Gasteiger partial charge is 0.357 e. The Hall–Kier alpha value is -1.21. The summed E-state index contributed by atoms with van der Waals surface area (Å²) in [6.45, 7) is 4.19. The second-order valence-electron chi connectivity index (χ2n) is 5.37. The van der Waals surface area contributed by atoms with Crippen LogP contribution in [0.2, 0.25) is 0 Å². The van der Waals surface area contributed by atoms with Gasteiger partial charge in [-0.3, -0.25) is 4.99 Å². The van der Waals surface area contributed by atoms with Crippen molar-refractivity contribution >= 4 is 27.6 Å². The van der Waals surface area contributed by atoms with E-state index in [1.54, 1.807) is 24.3 Å². The third-order valence-electron chi connectivity index (χ3n) is 3.36. The molecule has 0 aliphatic rings. The van der Waals surface area contributed by atoms with E-state index in [0.29, 0.717) is 17.9 Å². The van der Waals surface area contributed by atoms with Crippen LogP contribution in [-0.4, -0.2) is 51.8 Å². The van der Waals surface area contributed by atoms with E-state index in [9.17, 15) is 8.42 Å². The second-order valence-corrected chi connectivity index (χ2v) is 8.47. The van der Waals surface area contributed by atoms with Gasteiger partial charge in [0.25, 0.3) is 0 Å². The molecule has 0 fully saturated rings. The van der Waals surface area contributed by atoms with Crippen LogP contribution in [0.25, 0.3) is 0 Å². The van der Waals surface area contributed by atoms with Crippen LogP contribution in [0.3, 0.4) is 0 Å². The van der Waals surface area contributed by atoms with Crippen LogP contribution in [0.4, 0.5) is 0 Å². The van der Waals surface area contributed by atoms with Crippen LogP contribution in [-0.2, 0) is 9.84 Å². The number of hydrogen-bond acceptors (Lipinski definition) is 4. The number of guanidine groups is 1. The summed E-state index contributed by atoms with van der Waals surface area (Å²) in [5.74, 6) is 2.05. The number of benzene rings is 1. The normalized spacial score (nSPS) is 12.2. The zero-order chi connectivity index (χ0) is 17.7. The van der Waals surface area contributed by atoms with E-state index >= 15 is 0 Å². The van der Waals surface area contributed by atoms with Crippen LogP contribution < -0.4 is 10.6 Å². The molecule has 0 aromatic heterocycles. The molecule has 0 bridgehead atoms. The van der Waals surface area contributed by atoms with Gasteiger partial charge in [-0.1, -0.05) is 18.2 Å². The van der Waals surface area contributed by atoms with E-state index in [-0.39, 0.29) is 5.75 Å². The lowest BCUT2D eigenvalue weighted by molar-refractivity contribution is 0.593. The minimum absolute atomic E-state index is 0.119. The Labute approximate surface area is 150 Å². The molecule has 1 aromatic carbocycles. The molecular weight excluding hydrogens is 342 g/mol. The Bertz CT molecular complexity index is 575. The van der Waals surface area contributed by atoms with Crippen LogP contribution in [0.5, 0.6) is 0 Å². The predicted molar refractivity (Wildman–Crippen MR) is 105 cm³/mol. The number of sulfone groups is 1. The highest BCUT2D eigenvalue weighted by Gasteiger charge is 2.12. The van der Waals surface area contributed by atoms with E-state index in [2.05, 4.69) is 21.9 Å². The first-order valence-electron chi connectivity index (χ1n) is 8.39. The zero-order valence-corrected chi connectivity index (χ0v) is 16.3. The van der Waals surface area contributed by atoms with Crippen LogP contribution in [0, 0.1) is 0 Å². The average Bonchev–Trinajstić information content (AvgIpc) is 2.59. The molecule has 0 saturated heterocycles. The smallest absolute Gasteiger partial charge is 0.191 e. The Morgan fingerprint density at radius 1 is 1.12 bits per heavy atom. The molecule has 0 atom stereocenters. The SMILES string of the molecule is CCNC(=NCCCS(=O)(=O)c1ccccc1)NCCCCSC. The highest BCUT2D eigenvalue weighted by atomic mass is 32.2. The van der Waals surface area contributed by atoms with E-state index in [4.69, 9.17) is 0 Å². The maximum Gasteiger partial charge on any atom is 0.191 e. The van der Waals surface area contributed by atoms with Gasteiger partial charge in [0.1, 0.15) is 0 Å². The topological polar surface area (TPSA) is 70.6 Å². The van der Waals surface area contributed by atoms with Gasteiger partial charge >= 0.3 is 0 Å². The molecule has 5 nitrogen and oxygen atoms in total. The van der Waals surface area contributed by atoms with Crippen molar-refractivity contribution in [2.75, 3.05) is 37.4 Å². The molecule has 0 radical (unpaired) electrons. The highest BCUT2D eigenvalue weighted by Crippen LogP contribution is 2.10. The summed E-state index contributed by atoms with van der Waals surface area (Å²) in [4.78, 5) is 4.84. The predicted octanol–water partition coefficient (Wildman–Crippen LogP) is 2.55. The third-order valence-corrected chi connectivity index (χ3v) is 5.87. The van der Waals surface area contributed by atoms with Gasteiger partial charge in [0.05, 0.1) is 10.6 Å². The monoisotopic (exact) mass is 371 g/mol. The summed E-state index contributed by atoms with van der Waals surface area (Å²) in [5.41, 5.74) is 0. The number of hydrogen-bond donors (Lipinski definition) is 2. The first kappa shape index (κ1) is 20.8. The molecule has 136 valence electrons. The Kier molecular flexibility index (Phi) is 10.6. The maximum absolute atomic E-state index is 12.2. The number of nitrogens with zero attached hydrogens (tertiary/aromatic N) is 1. The van der Waals surface area contributed by atoms with Gasteiger partial charge in [-0.15, -0.1) is 0 Å². The highest BCUT2D eigenvalue weighted by molar-refractivity contribution is 7.98. The number of aliphatic imine (C=N–C) groups is 1. The van der Waals surface area contributed by atoms with E-state index < -0.39 is 9.84 Å². The van der Waals surface area contributed by atoms with Crippen LogP contribution in [0.15, 0.2) is 40.2 Å². The minimum atomic E-state index is -3.21. The summed E-state index contributed by atoms with van der Waals surface area (Å²) in [6.07, 6.45) is 4.92. The molecule has 2 N–H and O–H groups in total. The molecule has 7 heteroatoms. The molecule has 0 aliphatic carbocycles. The lowest BCUT2D eigenvalue weighted by atomic mass is 10.3. The third kappa shape index (κ3) is 8.59. The van der Waals surface area contributed by atoms with Crippen molar-refractivity contribution in [2.45, 2.75) is 31.1 Å². The fourth-order valence-corrected chi connectivity index (χ4v) is 3.92. The van der Waals surface area contributed by atoms with Crippen LogP contribution >= 0.6 is 11.8 Å². The fourth-order valence-electron chi connectivity index (χ4n) is 2.11. The van der Waals surface area contributed by atoms with Gasteiger partial charge in [0.2, 0.25) is 0 Å². The molecular formula is C17H29N3O2S2. The Morgan fingerprint density at radius 3 is 2.54 bits per heavy atom. The van der Waals surface area contributed by atoms with Crippen molar-refractivity contribution in [3.05, 3.63) is 30.3 Å². The summed E-state index contributed by atoms with van der Waals surface area (Å²) in [5, 5.41) is 6.48. The maximum atomic E-state index is 12.2. The van der Waals surface area contributed by atoms with Crippen molar-refractivity contribution in [3.8, 4) is 0 Å². The summed E-state index contributed by atoms with van der Waals surface area (Å²) in [6, 6.07) is 8.58. The standard InChI is InChI=1S/C17H29N3O2S2/c1-3-18-17(19-12-7-8-14-23-2)20-13-9-15-24(21,22)16-10-5-4-6-11-16/h4-6,10-11H,3,7-9,12-15H2,1-2H3,(H2,18,19,20). The van der Waals surface area contributed by atoms with Crippen molar-refractivity contribution < 1.29 is 8.42 Å². The second kappa shape index (κ2) is 12.2. The lowest BCUT2D eigenvalue weighted by Crippen LogP contribution is -2.38. The Morgan fingerprint density at radius 2 is 1.88 bits per heavy atom.